The number of aromatic nitrogens is 2. The van der Waals surface area contributed by atoms with Crippen LogP contribution < -0.4 is 5.32 Å². The lowest BCUT2D eigenvalue weighted by atomic mass is 10.2. The lowest BCUT2D eigenvalue weighted by molar-refractivity contribution is -0.383. The fourth-order valence-corrected chi connectivity index (χ4v) is 1.72. The third-order valence-electron chi connectivity index (χ3n) is 2.56. The smallest absolute Gasteiger partial charge is 0.300 e. The highest BCUT2D eigenvalue weighted by Gasteiger charge is 2.20. The molecule has 0 aliphatic carbocycles. The second-order valence-electron chi connectivity index (χ2n) is 4.06. The van der Waals surface area contributed by atoms with Crippen LogP contribution in [0, 0.1) is 10.1 Å². The van der Waals surface area contributed by atoms with E-state index in [0.717, 1.165) is 0 Å². The van der Waals surface area contributed by atoms with E-state index in [2.05, 4.69) is 20.3 Å². The van der Waals surface area contributed by atoms with Gasteiger partial charge in [0.2, 0.25) is 5.52 Å². The highest BCUT2D eigenvalue weighted by Crippen LogP contribution is 2.28. The van der Waals surface area contributed by atoms with Gasteiger partial charge >= 0.3 is 5.69 Å². The van der Waals surface area contributed by atoms with E-state index >= 15 is 0 Å². The zero-order valence-electron chi connectivity index (χ0n) is 10.6. The minimum absolute atomic E-state index is 0.0429. The summed E-state index contributed by atoms with van der Waals surface area (Å²) in [7, 11) is 0. The highest BCUT2D eigenvalue weighted by molar-refractivity contribution is 5.93. The van der Waals surface area contributed by atoms with Gasteiger partial charge in [-0.3, -0.25) is 10.1 Å². The molecule has 0 bridgehead atoms. The quantitative estimate of drug-likeness (QED) is 0.629. The van der Waals surface area contributed by atoms with Crippen molar-refractivity contribution in [2.45, 2.75) is 19.9 Å². The van der Waals surface area contributed by atoms with E-state index in [0.29, 0.717) is 24.4 Å². The zero-order chi connectivity index (χ0) is 13.8. The first-order chi connectivity index (χ1) is 9.13. The van der Waals surface area contributed by atoms with Gasteiger partial charge in [0, 0.05) is 18.7 Å². The average molecular weight is 266 g/mol. The van der Waals surface area contributed by atoms with E-state index in [-0.39, 0.29) is 17.2 Å². The van der Waals surface area contributed by atoms with Crippen molar-refractivity contribution in [1.82, 2.24) is 10.3 Å². The summed E-state index contributed by atoms with van der Waals surface area (Å²) < 4.78 is 9.88. The molecule has 0 radical (unpaired) electrons. The Morgan fingerprint density at radius 2 is 2.21 bits per heavy atom. The van der Waals surface area contributed by atoms with Crippen LogP contribution in [0.3, 0.4) is 0 Å². The van der Waals surface area contributed by atoms with E-state index in [9.17, 15) is 10.1 Å². The van der Waals surface area contributed by atoms with Crippen LogP contribution in [0.5, 0.6) is 0 Å². The second-order valence-corrected chi connectivity index (χ2v) is 4.06. The zero-order valence-corrected chi connectivity index (χ0v) is 10.6. The Balaban J connectivity index is 2.27. The normalized spacial score (nSPS) is 12.5. The lowest BCUT2D eigenvalue weighted by Crippen LogP contribution is -2.21. The topological polar surface area (TPSA) is 103 Å². The van der Waals surface area contributed by atoms with Gasteiger partial charge in [0.05, 0.1) is 17.2 Å². The van der Waals surface area contributed by atoms with Gasteiger partial charge in [-0.2, -0.15) is 0 Å². The first-order valence-corrected chi connectivity index (χ1v) is 5.87. The van der Waals surface area contributed by atoms with Crippen LogP contribution in [-0.4, -0.2) is 34.5 Å². The van der Waals surface area contributed by atoms with Crippen LogP contribution in [0.2, 0.25) is 0 Å². The summed E-state index contributed by atoms with van der Waals surface area (Å²) in [5, 5.41) is 21.3. The molecule has 1 heterocycles. The largest absolute Gasteiger partial charge is 0.380 e. The Kier molecular flexibility index (Phi) is 3.91. The van der Waals surface area contributed by atoms with Crippen LogP contribution >= 0.6 is 0 Å². The van der Waals surface area contributed by atoms with E-state index in [4.69, 9.17) is 4.74 Å². The number of hydrogen-bond acceptors (Lipinski definition) is 7. The molecular formula is C11H14N4O4. The first-order valence-electron chi connectivity index (χ1n) is 5.87. The van der Waals surface area contributed by atoms with Crippen LogP contribution in [0.1, 0.15) is 13.8 Å². The van der Waals surface area contributed by atoms with Crippen molar-refractivity contribution in [3.05, 3.63) is 22.2 Å². The number of non-ortho nitro benzene ring substituents is 1. The second kappa shape index (κ2) is 5.61. The number of anilines is 1. The molecule has 1 N–H and O–H groups in total. The first kappa shape index (κ1) is 13.2. The number of fused-ring (bicyclic) bond motifs is 1. The summed E-state index contributed by atoms with van der Waals surface area (Å²) in [6.07, 6.45) is 0. The molecule has 1 unspecified atom stereocenters. The highest BCUT2D eigenvalue weighted by atomic mass is 16.6. The molecule has 8 nitrogen and oxygen atoms in total. The van der Waals surface area contributed by atoms with Crippen molar-refractivity contribution in [2.24, 2.45) is 0 Å². The van der Waals surface area contributed by atoms with Crippen LogP contribution in [0.4, 0.5) is 11.4 Å². The van der Waals surface area contributed by atoms with Crippen LogP contribution in [0.25, 0.3) is 11.0 Å². The van der Waals surface area contributed by atoms with Crippen molar-refractivity contribution < 1.29 is 14.3 Å². The molecule has 1 aromatic heterocycles. The summed E-state index contributed by atoms with van der Waals surface area (Å²) >= 11 is 0. The SMILES string of the molecule is CCOCC(C)Nc1ccc([N+](=O)[O-])c2nonc12. The van der Waals surface area contributed by atoms with E-state index in [1.807, 2.05) is 13.8 Å². The maximum Gasteiger partial charge on any atom is 0.300 e. The molecule has 1 atom stereocenters. The predicted octanol–water partition coefficient (Wildman–Crippen LogP) is 1.97. The fraction of sp³-hybridized carbons (Fsp3) is 0.455. The molecule has 0 aliphatic heterocycles. The Bertz CT molecular complexity index is 583. The molecule has 0 spiro atoms. The molecule has 19 heavy (non-hydrogen) atoms. The standard InChI is InChI=1S/C11H14N4O4/c1-3-18-6-7(2)12-8-4-5-9(15(16)17)11-10(8)13-19-14-11/h4-5,7,12H,3,6H2,1-2H3. The van der Waals surface area contributed by atoms with Crippen molar-refractivity contribution in [3.63, 3.8) is 0 Å². The lowest BCUT2D eigenvalue weighted by Gasteiger charge is -2.14. The van der Waals surface area contributed by atoms with Crippen molar-refractivity contribution >= 4 is 22.4 Å². The van der Waals surface area contributed by atoms with Crippen LogP contribution in [0.15, 0.2) is 16.8 Å². The number of hydrogen-bond donors (Lipinski definition) is 1. The van der Waals surface area contributed by atoms with E-state index in [1.165, 1.54) is 6.07 Å². The number of nitro groups is 1. The summed E-state index contributed by atoms with van der Waals surface area (Å²) in [4.78, 5) is 10.3. The van der Waals surface area contributed by atoms with Gasteiger partial charge in [-0.05, 0) is 30.2 Å². The molecule has 0 amide bonds. The van der Waals surface area contributed by atoms with Crippen LogP contribution in [-0.2, 0) is 4.74 Å². The monoisotopic (exact) mass is 266 g/mol. The summed E-state index contributed by atoms with van der Waals surface area (Å²) in [6, 6.07) is 3.01. The summed E-state index contributed by atoms with van der Waals surface area (Å²) in [5.74, 6) is 0. The number of nitro benzene ring substituents is 1. The minimum atomic E-state index is -0.514. The number of benzene rings is 1. The molecule has 0 saturated heterocycles. The van der Waals surface area contributed by atoms with Gasteiger partial charge in [-0.25, -0.2) is 4.63 Å². The third kappa shape index (κ3) is 2.79. The molecule has 8 heteroatoms. The summed E-state index contributed by atoms with van der Waals surface area (Å²) in [6.45, 7) is 5.02. The molecule has 2 rings (SSSR count). The van der Waals surface area contributed by atoms with Gasteiger partial charge in [0.1, 0.15) is 0 Å². The Labute approximate surface area is 108 Å². The predicted molar refractivity (Wildman–Crippen MR) is 68.0 cm³/mol. The maximum absolute atomic E-state index is 10.8. The minimum Gasteiger partial charge on any atom is -0.380 e. The van der Waals surface area contributed by atoms with Gasteiger partial charge in [-0.1, -0.05) is 0 Å². The van der Waals surface area contributed by atoms with E-state index < -0.39 is 4.92 Å². The molecule has 0 aliphatic rings. The summed E-state index contributed by atoms with van der Waals surface area (Å²) in [5.41, 5.74) is 0.990. The van der Waals surface area contributed by atoms with Crippen molar-refractivity contribution in [2.75, 3.05) is 18.5 Å². The van der Waals surface area contributed by atoms with Gasteiger partial charge in [-0.15, -0.1) is 0 Å². The Morgan fingerprint density at radius 3 is 2.89 bits per heavy atom. The molecule has 2 aromatic rings. The molecule has 102 valence electrons. The fourth-order valence-electron chi connectivity index (χ4n) is 1.72. The van der Waals surface area contributed by atoms with Gasteiger partial charge in [0.25, 0.3) is 0 Å². The third-order valence-corrected chi connectivity index (χ3v) is 2.56. The number of nitrogens with zero attached hydrogens (tertiary/aromatic N) is 3. The molecule has 0 saturated carbocycles. The van der Waals surface area contributed by atoms with Crippen molar-refractivity contribution in [1.29, 1.82) is 0 Å². The number of nitrogens with one attached hydrogen (secondary N) is 1. The number of ether oxygens (including phenoxy) is 1. The van der Waals surface area contributed by atoms with Gasteiger partial charge < -0.3 is 10.1 Å². The Morgan fingerprint density at radius 1 is 1.47 bits per heavy atom. The molecular weight excluding hydrogens is 252 g/mol. The van der Waals surface area contributed by atoms with E-state index in [1.54, 1.807) is 6.07 Å². The van der Waals surface area contributed by atoms with Gasteiger partial charge in [0.15, 0.2) is 5.52 Å². The maximum atomic E-state index is 10.8. The average Bonchev–Trinajstić information content (AvgIpc) is 2.85. The molecule has 1 aromatic carbocycles. The number of rotatable bonds is 6. The van der Waals surface area contributed by atoms with Crippen molar-refractivity contribution in [3.8, 4) is 0 Å². The molecule has 0 fully saturated rings. The Hall–Kier alpha value is -2.22.